The van der Waals surface area contributed by atoms with Crippen molar-refractivity contribution in [3.8, 4) is 0 Å². The molecule has 1 heterocycles. The Morgan fingerprint density at radius 2 is 1.93 bits per heavy atom. The molecule has 0 amide bonds. The van der Waals surface area contributed by atoms with Gasteiger partial charge in [-0.25, -0.2) is 9.37 Å². The van der Waals surface area contributed by atoms with E-state index in [1.807, 2.05) is 0 Å². The largest absolute Gasteiger partial charge is 0.384 e. The molecule has 2 N–H and O–H groups in total. The Kier molecular flexibility index (Phi) is 2.31. The number of rotatable bonds is 1. The SMILES string of the molecule is CC(C)c1ccc(F)c2ccc(N)nc12. The number of aromatic nitrogens is 1. The second kappa shape index (κ2) is 3.50. The number of pyridine rings is 1. The van der Waals surface area contributed by atoms with Crippen LogP contribution in [0, 0.1) is 5.82 Å². The molecule has 0 fully saturated rings. The van der Waals surface area contributed by atoms with Gasteiger partial charge in [-0.1, -0.05) is 19.9 Å². The van der Waals surface area contributed by atoms with Crippen LogP contribution in [0.5, 0.6) is 0 Å². The maximum Gasteiger partial charge on any atom is 0.132 e. The Balaban J connectivity index is 2.84. The van der Waals surface area contributed by atoms with Crippen LogP contribution >= 0.6 is 0 Å². The van der Waals surface area contributed by atoms with E-state index in [4.69, 9.17) is 5.73 Å². The van der Waals surface area contributed by atoms with Gasteiger partial charge in [0, 0.05) is 5.39 Å². The Morgan fingerprint density at radius 1 is 1.20 bits per heavy atom. The topological polar surface area (TPSA) is 38.9 Å². The molecule has 0 aliphatic carbocycles. The predicted molar refractivity (Wildman–Crippen MR) is 60.2 cm³/mol. The molecule has 2 nitrogen and oxygen atoms in total. The summed E-state index contributed by atoms with van der Waals surface area (Å²) in [6.45, 7) is 4.11. The van der Waals surface area contributed by atoms with Gasteiger partial charge in [0.05, 0.1) is 5.52 Å². The normalized spacial score (nSPS) is 11.2. The highest BCUT2D eigenvalue weighted by Gasteiger charge is 2.09. The molecule has 0 atom stereocenters. The van der Waals surface area contributed by atoms with Crippen LogP contribution in [0.4, 0.5) is 10.2 Å². The molecule has 0 radical (unpaired) electrons. The minimum Gasteiger partial charge on any atom is -0.384 e. The Bertz CT molecular complexity index is 506. The predicted octanol–water partition coefficient (Wildman–Crippen LogP) is 3.08. The van der Waals surface area contributed by atoms with Crippen LogP contribution in [0.25, 0.3) is 10.9 Å². The molecule has 0 unspecified atom stereocenters. The van der Waals surface area contributed by atoms with Crippen LogP contribution in [0.3, 0.4) is 0 Å². The van der Waals surface area contributed by atoms with E-state index in [2.05, 4.69) is 18.8 Å². The number of fused-ring (bicyclic) bond motifs is 1. The fourth-order valence-electron chi connectivity index (χ4n) is 1.68. The number of hydrogen-bond donors (Lipinski definition) is 1. The van der Waals surface area contributed by atoms with Crippen molar-refractivity contribution in [3.05, 3.63) is 35.6 Å². The third-order valence-corrected chi connectivity index (χ3v) is 2.48. The smallest absolute Gasteiger partial charge is 0.132 e. The fourth-order valence-corrected chi connectivity index (χ4v) is 1.68. The molecule has 0 aliphatic heterocycles. The minimum absolute atomic E-state index is 0.248. The van der Waals surface area contributed by atoms with Gasteiger partial charge in [0.25, 0.3) is 0 Å². The maximum absolute atomic E-state index is 13.5. The van der Waals surface area contributed by atoms with E-state index < -0.39 is 0 Å². The number of nitrogens with zero attached hydrogens (tertiary/aromatic N) is 1. The van der Waals surface area contributed by atoms with Gasteiger partial charge in [0.1, 0.15) is 11.6 Å². The second-order valence-electron chi connectivity index (χ2n) is 3.92. The number of anilines is 1. The van der Waals surface area contributed by atoms with Gasteiger partial charge in [-0.05, 0) is 29.7 Å². The van der Waals surface area contributed by atoms with Crippen molar-refractivity contribution in [2.24, 2.45) is 0 Å². The van der Waals surface area contributed by atoms with Crippen LogP contribution in [0.2, 0.25) is 0 Å². The van der Waals surface area contributed by atoms with Crippen molar-refractivity contribution in [1.29, 1.82) is 0 Å². The van der Waals surface area contributed by atoms with Crippen LogP contribution in [-0.2, 0) is 0 Å². The highest BCUT2D eigenvalue weighted by molar-refractivity contribution is 5.84. The molecule has 1 aromatic carbocycles. The highest BCUT2D eigenvalue weighted by atomic mass is 19.1. The van der Waals surface area contributed by atoms with Gasteiger partial charge in [0.15, 0.2) is 0 Å². The molecular weight excluding hydrogens is 191 g/mol. The average Bonchev–Trinajstić information content (AvgIpc) is 2.17. The molecule has 15 heavy (non-hydrogen) atoms. The maximum atomic E-state index is 13.5. The number of nitrogen functional groups attached to an aromatic ring is 1. The van der Waals surface area contributed by atoms with Crippen LogP contribution in [0.1, 0.15) is 25.3 Å². The fraction of sp³-hybridized carbons (Fsp3) is 0.250. The van der Waals surface area contributed by atoms with Gasteiger partial charge < -0.3 is 5.73 Å². The molecule has 0 spiro atoms. The molecule has 1 aromatic heterocycles. The van der Waals surface area contributed by atoms with Gasteiger partial charge in [-0.15, -0.1) is 0 Å². The quantitative estimate of drug-likeness (QED) is 0.775. The van der Waals surface area contributed by atoms with E-state index in [0.717, 1.165) is 5.56 Å². The number of halogens is 1. The monoisotopic (exact) mass is 204 g/mol. The van der Waals surface area contributed by atoms with Crippen molar-refractivity contribution < 1.29 is 4.39 Å². The molecule has 2 aromatic rings. The third-order valence-electron chi connectivity index (χ3n) is 2.48. The Hall–Kier alpha value is -1.64. The lowest BCUT2D eigenvalue weighted by molar-refractivity contribution is 0.638. The lowest BCUT2D eigenvalue weighted by Gasteiger charge is -2.09. The number of hydrogen-bond acceptors (Lipinski definition) is 2. The molecule has 2 rings (SSSR count). The summed E-state index contributed by atoms with van der Waals surface area (Å²) in [5.74, 6) is 0.485. The Labute approximate surface area is 87.9 Å². The van der Waals surface area contributed by atoms with E-state index in [9.17, 15) is 4.39 Å². The zero-order valence-electron chi connectivity index (χ0n) is 8.79. The Morgan fingerprint density at radius 3 is 2.60 bits per heavy atom. The second-order valence-corrected chi connectivity index (χ2v) is 3.92. The first-order valence-electron chi connectivity index (χ1n) is 4.94. The van der Waals surface area contributed by atoms with Crippen molar-refractivity contribution in [2.45, 2.75) is 19.8 Å². The standard InChI is InChI=1S/C12H13FN2/c1-7(2)8-3-5-10(13)9-4-6-11(14)15-12(8)9/h3-7H,1-2H3,(H2,14,15). The molecule has 0 aliphatic rings. The zero-order valence-corrected chi connectivity index (χ0v) is 8.79. The lowest BCUT2D eigenvalue weighted by Crippen LogP contribution is -1.97. The first kappa shape index (κ1) is 9.90. The van der Waals surface area contributed by atoms with E-state index >= 15 is 0 Å². The number of nitrogens with two attached hydrogens (primary N) is 1. The summed E-state index contributed by atoms with van der Waals surface area (Å²) in [7, 11) is 0. The summed E-state index contributed by atoms with van der Waals surface area (Å²) in [5, 5.41) is 0.537. The van der Waals surface area contributed by atoms with Crippen molar-refractivity contribution in [3.63, 3.8) is 0 Å². The first-order chi connectivity index (χ1) is 7.09. The van der Waals surface area contributed by atoms with E-state index in [0.29, 0.717) is 22.6 Å². The summed E-state index contributed by atoms with van der Waals surface area (Å²) >= 11 is 0. The molecule has 3 heteroatoms. The van der Waals surface area contributed by atoms with Crippen LogP contribution in [-0.4, -0.2) is 4.98 Å². The third kappa shape index (κ3) is 1.65. The highest BCUT2D eigenvalue weighted by Crippen LogP contribution is 2.26. The van der Waals surface area contributed by atoms with Gasteiger partial charge in [-0.2, -0.15) is 0 Å². The molecule has 0 saturated heterocycles. The van der Waals surface area contributed by atoms with E-state index in [-0.39, 0.29) is 5.82 Å². The molecule has 0 saturated carbocycles. The van der Waals surface area contributed by atoms with E-state index in [1.165, 1.54) is 6.07 Å². The van der Waals surface area contributed by atoms with Crippen molar-refractivity contribution in [2.75, 3.05) is 5.73 Å². The van der Waals surface area contributed by atoms with Gasteiger partial charge in [0.2, 0.25) is 0 Å². The molecule has 0 bridgehead atoms. The van der Waals surface area contributed by atoms with Crippen molar-refractivity contribution in [1.82, 2.24) is 4.98 Å². The van der Waals surface area contributed by atoms with Crippen LogP contribution in [0.15, 0.2) is 24.3 Å². The van der Waals surface area contributed by atoms with Crippen molar-refractivity contribution >= 4 is 16.7 Å². The van der Waals surface area contributed by atoms with E-state index in [1.54, 1.807) is 18.2 Å². The summed E-state index contributed by atoms with van der Waals surface area (Å²) < 4.78 is 13.5. The molecular formula is C12H13FN2. The minimum atomic E-state index is -0.248. The lowest BCUT2D eigenvalue weighted by atomic mass is 9.99. The summed E-state index contributed by atoms with van der Waals surface area (Å²) in [6.07, 6.45) is 0. The first-order valence-corrected chi connectivity index (χ1v) is 4.94. The summed E-state index contributed by atoms with van der Waals surface area (Å²) in [6, 6.07) is 6.55. The molecule has 78 valence electrons. The summed E-state index contributed by atoms with van der Waals surface area (Å²) in [5.41, 5.74) is 7.31. The average molecular weight is 204 g/mol. The van der Waals surface area contributed by atoms with Gasteiger partial charge in [-0.3, -0.25) is 0 Å². The van der Waals surface area contributed by atoms with Gasteiger partial charge >= 0.3 is 0 Å². The number of benzene rings is 1. The zero-order chi connectivity index (χ0) is 11.0. The summed E-state index contributed by atoms with van der Waals surface area (Å²) in [4.78, 5) is 4.20. The van der Waals surface area contributed by atoms with Crippen LogP contribution < -0.4 is 5.73 Å².